The summed E-state index contributed by atoms with van der Waals surface area (Å²) in [6.45, 7) is 6.82. The third-order valence-corrected chi connectivity index (χ3v) is 4.38. The molecule has 1 aliphatic heterocycles. The molecule has 0 saturated carbocycles. The second kappa shape index (κ2) is 7.18. The maximum absolute atomic E-state index is 12.6. The Balaban J connectivity index is 1.64. The minimum absolute atomic E-state index is 0.0447. The summed E-state index contributed by atoms with van der Waals surface area (Å²) in [5.41, 5.74) is 2.23. The maximum Gasteiger partial charge on any atom is 0.251 e. The van der Waals surface area contributed by atoms with Gasteiger partial charge < -0.3 is 19.1 Å². The smallest absolute Gasteiger partial charge is 0.251 e. The summed E-state index contributed by atoms with van der Waals surface area (Å²) < 4.78 is 10.8. The summed E-state index contributed by atoms with van der Waals surface area (Å²) in [5, 5.41) is 3.91. The molecule has 1 aliphatic rings. The zero-order valence-electron chi connectivity index (χ0n) is 14.7. The van der Waals surface area contributed by atoms with E-state index < -0.39 is 6.10 Å². The quantitative estimate of drug-likeness (QED) is 0.893. The Morgan fingerprint density at radius 2 is 2.20 bits per heavy atom. The van der Waals surface area contributed by atoms with Crippen LogP contribution in [0.5, 0.6) is 0 Å². The molecule has 2 aromatic heterocycles. The number of ether oxygens (including phenoxy) is 1. The highest BCUT2D eigenvalue weighted by atomic mass is 16.5. The predicted octanol–water partition coefficient (Wildman–Crippen LogP) is 1.22. The SMILES string of the molecule is Cc1cc(=O)[nH]c([C@@H]2CN(C(=O)CCc3c(C)noc3C)CCO2)n1. The third-order valence-electron chi connectivity index (χ3n) is 4.38. The van der Waals surface area contributed by atoms with Gasteiger partial charge in [-0.15, -0.1) is 0 Å². The van der Waals surface area contributed by atoms with Crippen LogP contribution in [0.1, 0.15) is 41.1 Å². The van der Waals surface area contributed by atoms with Gasteiger partial charge in [0.05, 0.1) is 18.8 Å². The van der Waals surface area contributed by atoms with Crippen LogP contribution >= 0.6 is 0 Å². The van der Waals surface area contributed by atoms with Crippen molar-refractivity contribution in [2.75, 3.05) is 19.7 Å². The molecule has 0 unspecified atom stereocenters. The Morgan fingerprint density at radius 1 is 1.40 bits per heavy atom. The van der Waals surface area contributed by atoms with Gasteiger partial charge in [-0.1, -0.05) is 5.16 Å². The number of rotatable bonds is 4. The number of H-pyrrole nitrogens is 1. The normalized spacial score (nSPS) is 17.7. The van der Waals surface area contributed by atoms with Crippen LogP contribution in [-0.4, -0.2) is 45.6 Å². The molecule has 1 amide bonds. The molecule has 0 spiro atoms. The van der Waals surface area contributed by atoms with E-state index in [1.54, 1.807) is 11.8 Å². The van der Waals surface area contributed by atoms with Crippen LogP contribution in [0.2, 0.25) is 0 Å². The lowest BCUT2D eigenvalue weighted by Gasteiger charge is -2.32. The molecule has 1 atom stereocenters. The molecule has 1 saturated heterocycles. The van der Waals surface area contributed by atoms with E-state index in [1.165, 1.54) is 6.07 Å². The summed E-state index contributed by atoms with van der Waals surface area (Å²) in [6, 6.07) is 1.43. The molecular weight excluding hydrogens is 324 g/mol. The van der Waals surface area contributed by atoms with E-state index in [0.29, 0.717) is 44.1 Å². The van der Waals surface area contributed by atoms with Crippen molar-refractivity contribution < 1.29 is 14.1 Å². The Labute approximate surface area is 145 Å². The van der Waals surface area contributed by atoms with E-state index in [9.17, 15) is 9.59 Å². The molecule has 0 aromatic carbocycles. The van der Waals surface area contributed by atoms with Crippen LogP contribution < -0.4 is 5.56 Å². The molecule has 8 heteroatoms. The molecule has 0 bridgehead atoms. The fourth-order valence-electron chi connectivity index (χ4n) is 3.04. The van der Waals surface area contributed by atoms with Crippen LogP contribution in [-0.2, 0) is 16.0 Å². The molecule has 2 aromatic rings. The Morgan fingerprint density at radius 3 is 2.88 bits per heavy atom. The van der Waals surface area contributed by atoms with Crippen molar-refractivity contribution in [1.82, 2.24) is 20.0 Å². The first-order chi connectivity index (χ1) is 11.9. The van der Waals surface area contributed by atoms with Crippen LogP contribution in [0.15, 0.2) is 15.4 Å². The molecule has 0 aliphatic carbocycles. The number of carbonyl (C=O) groups is 1. The second-order valence-corrected chi connectivity index (χ2v) is 6.27. The fourth-order valence-corrected chi connectivity index (χ4v) is 3.04. The minimum atomic E-state index is -0.413. The van der Waals surface area contributed by atoms with Gasteiger partial charge >= 0.3 is 0 Å². The highest BCUT2D eigenvalue weighted by Gasteiger charge is 2.27. The molecule has 25 heavy (non-hydrogen) atoms. The van der Waals surface area contributed by atoms with Gasteiger partial charge in [0.1, 0.15) is 17.7 Å². The molecular formula is C17H22N4O4. The van der Waals surface area contributed by atoms with Gasteiger partial charge in [0, 0.05) is 30.3 Å². The summed E-state index contributed by atoms with van der Waals surface area (Å²) in [5.74, 6) is 1.27. The number of morpholine rings is 1. The lowest BCUT2D eigenvalue weighted by atomic mass is 10.1. The first kappa shape index (κ1) is 17.3. The van der Waals surface area contributed by atoms with E-state index in [1.807, 2.05) is 13.8 Å². The van der Waals surface area contributed by atoms with Crippen molar-refractivity contribution in [3.05, 3.63) is 45.0 Å². The van der Waals surface area contributed by atoms with Crippen LogP contribution in [0, 0.1) is 20.8 Å². The first-order valence-electron chi connectivity index (χ1n) is 8.33. The molecule has 3 heterocycles. The zero-order valence-corrected chi connectivity index (χ0v) is 14.7. The van der Waals surface area contributed by atoms with Crippen molar-refractivity contribution in [2.24, 2.45) is 0 Å². The van der Waals surface area contributed by atoms with Crippen molar-refractivity contribution in [3.8, 4) is 0 Å². The number of nitrogens with zero attached hydrogens (tertiary/aromatic N) is 3. The Kier molecular flexibility index (Phi) is 4.98. The van der Waals surface area contributed by atoms with E-state index >= 15 is 0 Å². The number of carbonyl (C=O) groups excluding carboxylic acids is 1. The highest BCUT2D eigenvalue weighted by molar-refractivity contribution is 5.76. The fraction of sp³-hybridized carbons (Fsp3) is 0.529. The van der Waals surface area contributed by atoms with Crippen molar-refractivity contribution in [3.63, 3.8) is 0 Å². The number of hydrogen-bond acceptors (Lipinski definition) is 6. The lowest BCUT2D eigenvalue weighted by molar-refractivity contribution is -0.139. The first-order valence-corrected chi connectivity index (χ1v) is 8.33. The Bertz CT molecular complexity index is 807. The molecule has 3 rings (SSSR count). The largest absolute Gasteiger partial charge is 0.367 e. The van der Waals surface area contributed by atoms with Gasteiger partial charge in [0.2, 0.25) is 5.91 Å². The lowest BCUT2D eigenvalue weighted by Crippen LogP contribution is -2.43. The number of aryl methyl sites for hydroxylation is 3. The zero-order chi connectivity index (χ0) is 18.0. The van der Waals surface area contributed by atoms with Crippen LogP contribution in [0.25, 0.3) is 0 Å². The predicted molar refractivity (Wildman–Crippen MR) is 89.2 cm³/mol. The van der Waals surface area contributed by atoms with Gasteiger partial charge in [-0.05, 0) is 27.2 Å². The average molecular weight is 346 g/mol. The summed E-state index contributed by atoms with van der Waals surface area (Å²) in [4.78, 5) is 33.0. The molecule has 8 nitrogen and oxygen atoms in total. The van der Waals surface area contributed by atoms with Crippen molar-refractivity contribution >= 4 is 5.91 Å². The molecule has 1 N–H and O–H groups in total. The van der Waals surface area contributed by atoms with Gasteiger partial charge in [0.25, 0.3) is 5.56 Å². The highest BCUT2D eigenvalue weighted by Crippen LogP contribution is 2.20. The maximum atomic E-state index is 12.6. The number of hydrogen-bond donors (Lipinski definition) is 1. The molecule has 1 fully saturated rings. The van der Waals surface area contributed by atoms with E-state index in [-0.39, 0.29) is 11.5 Å². The summed E-state index contributed by atoms with van der Waals surface area (Å²) >= 11 is 0. The number of amides is 1. The standard InChI is InChI=1S/C17H22N4O4/c1-10-8-15(22)19-17(18-10)14-9-21(6-7-24-14)16(23)5-4-13-11(2)20-25-12(13)3/h8,14H,4-7,9H2,1-3H3,(H,18,19,22)/t14-/m0/s1. The van der Waals surface area contributed by atoms with E-state index in [2.05, 4.69) is 15.1 Å². The van der Waals surface area contributed by atoms with Gasteiger partial charge in [-0.3, -0.25) is 9.59 Å². The summed E-state index contributed by atoms with van der Waals surface area (Å²) in [7, 11) is 0. The molecule has 0 radical (unpaired) electrons. The number of aromatic nitrogens is 3. The van der Waals surface area contributed by atoms with Gasteiger partial charge in [-0.2, -0.15) is 0 Å². The minimum Gasteiger partial charge on any atom is -0.367 e. The van der Waals surface area contributed by atoms with Crippen molar-refractivity contribution in [1.29, 1.82) is 0 Å². The van der Waals surface area contributed by atoms with Crippen LogP contribution in [0.4, 0.5) is 0 Å². The topological polar surface area (TPSA) is 101 Å². The van der Waals surface area contributed by atoms with Crippen LogP contribution in [0.3, 0.4) is 0 Å². The third kappa shape index (κ3) is 3.96. The second-order valence-electron chi connectivity index (χ2n) is 6.27. The van der Waals surface area contributed by atoms with E-state index in [4.69, 9.17) is 9.26 Å². The van der Waals surface area contributed by atoms with Gasteiger partial charge in [-0.25, -0.2) is 4.98 Å². The number of nitrogens with one attached hydrogen (secondary N) is 1. The molecule has 134 valence electrons. The van der Waals surface area contributed by atoms with Crippen molar-refractivity contribution in [2.45, 2.75) is 39.7 Å². The van der Waals surface area contributed by atoms with Gasteiger partial charge in [0.15, 0.2) is 0 Å². The average Bonchev–Trinajstić information content (AvgIpc) is 2.90. The summed E-state index contributed by atoms with van der Waals surface area (Å²) in [6.07, 6.45) is 0.568. The van der Waals surface area contributed by atoms with E-state index in [0.717, 1.165) is 17.0 Å². The monoisotopic (exact) mass is 346 g/mol. The Hall–Kier alpha value is -2.48. The number of aromatic amines is 1.